The molecule has 0 aromatic rings. The summed E-state index contributed by atoms with van der Waals surface area (Å²) in [6.45, 7) is 11.3. The Bertz CT molecular complexity index is 462. The molecule has 7 nitrogen and oxygen atoms in total. The smallest absolute Gasteiger partial charge is 0.434 e. The van der Waals surface area contributed by atoms with Gasteiger partial charge >= 0.3 is 12.2 Å². The molecule has 1 aliphatic carbocycles. The molecule has 0 heterocycles. The molecule has 0 aliphatic heterocycles. The van der Waals surface area contributed by atoms with Crippen molar-refractivity contribution in [3.8, 4) is 0 Å². The Morgan fingerprint density at radius 1 is 0.885 bits per heavy atom. The van der Waals surface area contributed by atoms with Crippen LogP contribution in [0.15, 0.2) is 0 Å². The highest BCUT2D eigenvalue weighted by atomic mass is 16.6. The summed E-state index contributed by atoms with van der Waals surface area (Å²) in [7, 11) is 0. The van der Waals surface area contributed by atoms with E-state index in [1.165, 1.54) is 6.42 Å². The Morgan fingerprint density at radius 3 is 1.88 bits per heavy atom. The number of hydrogen-bond donors (Lipinski definition) is 1. The first-order chi connectivity index (χ1) is 11.9. The van der Waals surface area contributed by atoms with Gasteiger partial charge in [-0.2, -0.15) is 5.06 Å². The van der Waals surface area contributed by atoms with E-state index in [1.54, 1.807) is 25.7 Å². The number of ether oxygens (including phenoxy) is 2. The van der Waals surface area contributed by atoms with E-state index in [-0.39, 0.29) is 18.7 Å². The van der Waals surface area contributed by atoms with Gasteiger partial charge in [0, 0.05) is 12.6 Å². The molecule has 0 radical (unpaired) electrons. The summed E-state index contributed by atoms with van der Waals surface area (Å²) in [6, 6.07) is 0.160. The molecule has 1 saturated carbocycles. The van der Waals surface area contributed by atoms with Gasteiger partial charge in [0.1, 0.15) is 11.2 Å². The zero-order chi connectivity index (χ0) is 20.0. The van der Waals surface area contributed by atoms with Gasteiger partial charge in [0.25, 0.3) is 0 Å². The maximum absolute atomic E-state index is 12.6. The third-order valence-corrected chi connectivity index (χ3v) is 4.02. The van der Waals surface area contributed by atoms with E-state index in [4.69, 9.17) is 9.47 Å². The highest BCUT2D eigenvalue weighted by molar-refractivity contribution is 5.68. The number of hydrogen-bond acceptors (Lipinski definition) is 5. The first kappa shape index (κ1) is 22.5. The fourth-order valence-electron chi connectivity index (χ4n) is 2.93. The summed E-state index contributed by atoms with van der Waals surface area (Å²) in [5, 5.41) is 10.4. The van der Waals surface area contributed by atoms with Gasteiger partial charge in [-0.1, -0.05) is 19.3 Å². The molecule has 26 heavy (non-hydrogen) atoms. The van der Waals surface area contributed by atoms with Crippen molar-refractivity contribution < 1.29 is 24.3 Å². The zero-order valence-corrected chi connectivity index (χ0v) is 17.2. The average Bonchev–Trinajstić information content (AvgIpc) is 2.48. The third kappa shape index (κ3) is 8.74. The molecule has 2 amide bonds. The van der Waals surface area contributed by atoms with Gasteiger partial charge in [-0.25, -0.2) is 9.59 Å². The van der Waals surface area contributed by atoms with Gasteiger partial charge in [-0.05, 0) is 60.8 Å². The Labute approximate surface area is 157 Å². The first-order valence-corrected chi connectivity index (χ1v) is 9.58. The molecule has 0 spiro atoms. The molecule has 152 valence electrons. The topological polar surface area (TPSA) is 79.3 Å². The van der Waals surface area contributed by atoms with Crippen molar-refractivity contribution in [2.45, 2.75) is 97.3 Å². The third-order valence-electron chi connectivity index (χ3n) is 4.02. The Kier molecular flexibility index (Phi) is 8.18. The quantitative estimate of drug-likeness (QED) is 0.565. The van der Waals surface area contributed by atoms with Crippen LogP contribution in [0.4, 0.5) is 9.59 Å². The van der Waals surface area contributed by atoms with Crippen LogP contribution in [0.1, 0.15) is 80.1 Å². The molecule has 1 fully saturated rings. The minimum absolute atomic E-state index is 0.0981. The average molecular weight is 373 g/mol. The second kappa shape index (κ2) is 9.44. The van der Waals surface area contributed by atoms with E-state index in [0.717, 1.165) is 25.7 Å². The number of nitrogens with zero attached hydrogens (tertiary/aromatic N) is 2. The summed E-state index contributed by atoms with van der Waals surface area (Å²) in [4.78, 5) is 26.2. The van der Waals surface area contributed by atoms with Gasteiger partial charge in [0.05, 0.1) is 6.54 Å². The van der Waals surface area contributed by atoms with Crippen molar-refractivity contribution in [1.29, 1.82) is 0 Å². The van der Waals surface area contributed by atoms with Crippen molar-refractivity contribution in [2.24, 2.45) is 0 Å². The molecule has 0 bridgehead atoms. The van der Waals surface area contributed by atoms with Crippen molar-refractivity contribution in [2.75, 3.05) is 13.1 Å². The minimum atomic E-state index is -0.779. The summed E-state index contributed by atoms with van der Waals surface area (Å²) in [5.41, 5.74) is -1.22. The van der Waals surface area contributed by atoms with Crippen LogP contribution in [0, 0.1) is 0 Å². The van der Waals surface area contributed by atoms with E-state index < -0.39 is 17.3 Å². The van der Waals surface area contributed by atoms with Crippen LogP contribution in [0.25, 0.3) is 0 Å². The second-order valence-electron chi connectivity index (χ2n) is 8.92. The van der Waals surface area contributed by atoms with Gasteiger partial charge in [0.2, 0.25) is 0 Å². The van der Waals surface area contributed by atoms with Crippen LogP contribution >= 0.6 is 0 Å². The Balaban J connectivity index is 2.59. The molecule has 1 rings (SSSR count). The van der Waals surface area contributed by atoms with Gasteiger partial charge in [0.15, 0.2) is 0 Å². The standard InChI is InChI=1S/C19H36N2O5/c1-18(2,3)25-16(22)20(15-11-8-7-9-12-15)13-10-14-21(24)17(23)26-19(4,5)6/h15,24H,7-14H2,1-6H3. The zero-order valence-electron chi connectivity index (χ0n) is 17.2. The minimum Gasteiger partial charge on any atom is -0.444 e. The van der Waals surface area contributed by atoms with Crippen LogP contribution in [-0.2, 0) is 9.47 Å². The lowest BCUT2D eigenvalue weighted by Gasteiger charge is -2.35. The molecule has 1 N–H and O–H groups in total. The Morgan fingerprint density at radius 2 is 1.38 bits per heavy atom. The molecule has 0 saturated heterocycles. The summed E-state index contributed by atoms with van der Waals surface area (Å²) in [5.74, 6) is 0. The lowest BCUT2D eigenvalue weighted by atomic mass is 9.94. The van der Waals surface area contributed by atoms with Crippen molar-refractivity contribution in [3.63, 3.8) is 0 Å². The normalized spacial score (nSPS) is 16.1. The largest absolute Gasteiger partial charge is 0.444 e. The lowest BCUT2D eigenvalue weighted by molar-refractivity contribution is -0.0952. The van der Waals surface area contributed by atoms with Crippen LogP contribution in [0.5, 0.6) is 0 Å². The van der Waals surface area contributed by atoms with E-state index in [0.29, 0.717) is 18.0 Å². The first-order valence-electron chi connectivity index (χ1n) is 9.58. The van der Waals surface area contributed by atoms with Crippen LogP contribution in [0.3, 0.4) is 0 Å². The van der Waals surface area contributed by atoms with Crippen LogP contribution in [0.2, 0.25) is 0 Å². The van der Waals surface area contributed by atoms with E-state index in [1.807, 2.05) is 20.8 Å². The lowest BCUT2D eigenvalue weighted by Crippen LogP contribution is -2.45. The van der Waals surface area contributed by atoms with Crippen LogP contribution < -0.4 is 0 Å². The monoisotopic (exact) mass is 372 g/mol. The highest BCUT2D eigenvalue weighted by Gasteiger charge is 2.29. The summed E-state index contributed by atoms with van der Waals surface area (Å²) >= 11 is 0. The predicted octanol–water partition coefficient (Wildman–Crippen LogP) is 4.57. The SMILES string of the molecule is CC(C)(C)OC(=O)N(O)CCCN(C(=O)OC(C)(C)C)C1CCCCC1. The molecule has 0 aromatic heterocycles. The Hall–Kier alpha value is -1.50. The maximum Gasteiger partial charge on any atom is 0.434 e. The maximum atomic E-state index is 12.6. The molecule has 1 aliphatic rings. The number of amides is 2. The van der Waals surface area contributed by atoms with E-state index in [9.17, 15) is 14.8 Å². The number of carbonyl (C=O) groups excluding carboxylic acids is 2. The summed E-state index contributed by atoms with van der Waals surface area (Å²) < 4.78 is 10.7. The number of rotatable bonds is 5. The van der Waals surface area contributed by atoms with Crippen molar-refractivity contribution >= 4 is 12.2 Å². The fraction of sp³-hybridized carbons (Fsp3) is 0.895. The second-order valence-corrected chi connectivity index (χ2v) is 8.92. The predicted molar refractivity (Wildman–Crippen MR) is 99.2 cm³/mol. The van der Waals surface area contributed by atoms with Gasteiger partial charge in [-0.15, -0.1) is 0 Å². The molecule has 0 unspecified atom stereocenters. The molecule has 0 atom stereocenters. The number of hydroxylamine groups is 2. The molecular weight excluding hydrogens is 336 g/mol. The number of carbonyl (C=O) groups is 2. The van der Waals surface area contributed by atoms with E-state index >= 15 is 0 Å². The van der Waals surface area contributed by atoms with Crippen molar-refractivity contribution in [3.05, 3.63) is 0 Å². The fourth-order valence-corrected chi connectivity index (χ4v) is 2.93. The van der Waals surface area contributed by atoms with Gasteiger partial charge < -0.3 is 14.4 Å². The van der Waals surface area contributed by atoms with E-state index in [2.05, 4.69) is 0 Å². The van der Waals surface area contributed by atoms with Crippen LogP contribution in [-0.4, -0.2) is 57.7 Å². The highest BCUT2D eigenvalue weighted by Crippen LogP contribution is 2.24. The van der Waals surface area contributed by atoms with Gasteiger partial charge in [-0.3, -0.25) is 5.21 Å². The summed E-state index contributed by atoms with van der Waals surface area (Å²) in [6.07, 6.45) is 4.68. The molecule has 0 aromatic carbocycles. The van der Waals surface area contributed by atoms with Crippen molar-refractivity contribution in [1.82, 2.24) is 9.96 Å². The molecule has 7 heteroatoms. The molecular formula is C19H36N2O5.